The fourth-order valence-corrected chi connectivity index (χ4v) is 5.19. The van der Waals surface area contributed by atoms with Gasteiger partial charge in [0.25, 0.3) is 0 Å². The van der Waals surface area contributed by atoms with Gasteiger partial charge < -0.3 is 35.0 Å². The summed E-state index contributed by atoms with van der Waals surface area (Å²) < 4.78 is 10.7. The molecule has 0 radical (unpaired) electrons. The SMILES string of the molecule is CCCCCCCCCCCCCCCCCCCc1cc(O)cc(O[C@@H]2O[C@H](C(=O)O)[C@@H](O)[C@H](O)[C@H]2O)c1. The molecule has 1 aromatic rings. The molecule has 1 fully saturated rings. The van der Waals surface area contributed by atoms with Gasteiger partial charge in [0.2, 0.25) is 6.29 Å². The maximum absolute atomic E-state index is 11.3. The second-order valence-corrected chi connectivity index (χ2v) is 11.1. The van der Waals surface area contributed by atoms with Crippen molar-refractivity contribution in [3.63, 3.8) is 0 Å². The smallest absolute Gasteiger partial charge is 0.335 e. The highest BCUT2D eigenvalue weighted by atomic mass is 16.7. The summed E-state index contributed by atoms with van der Waals surface area (Å²) in [6, 6.07) is 4.69. The first kappa shape index (κ1) is 33.3. The summed E-state index contributed by atoms with van der Waals surface area (Å²) in [5.41, 5.74) is 0.853. The van der Waals surface area contributed by atoms with Gasteiger partial charge in [-0.1, -0.05) is 110 Å². The number of aliphatic hydroxyl groups is 3. The van der Waals surface area contributed by atoms with Crippen LogP contribution in [0.15, 0.2) is 18.2 Å². The highest BCUT2D eigenvalue weighted by Gasteiger charge is 2.48. The van der Waals surface area contributed by atoms with Crippen molar-refractivity contribution in [2.75, 3.05) is 0 Å². The zero-order valence-corrected chi connectivity index (χ0v) is 23.8. The molecule has 0 aromatic heterocycles. The maximum Gasteiger partial charge on any atom is 0.335 e. The minimum atomic E-state index is -1.78. The van der Waals surface area contributed by atoms with Crippen molar-refractivity contribution >= 4 is 5.97 Å². The van der Waals surface area contributed by atoms with Crippen molar-refractivity contribution in [2.24, 2.45) is 0 Å². The van der Waals surface area contributed by atoms with Crippen LogP contribution in [0, 0.1) is 0 Å². The molecule has 8 nitrogen and oxygen atoms in total. The Balaban J connectivity index is 1.56. The van der Waals surface area contributed by atoms with Gasteiger partial charge in [-0.05, 0) is 30.5 Å². The molecule has 0 aliphatic carbocycles. The number of unbranched alkanes of at least 4 members (excludes halogenated alkanes) is 16. The first-order valence-corrected chi connectivity index (χ1v) is 15.3. The van der Waals surface area contributed by atoms with Gasteiger partial charge in [-0.25, -0.2) is 4.79 Å². The monoisotopic (exact) mass is 552 g/mol. The van der Waals surface area contributed by atoms with Crippen LogP contribution in [0.5, 0.6) is 11.5 Å². The highest BCUT2D eigenvalue weighted by molar-refractivity contribution is 5.73. The van der Waals surface area contributed by atoms with Crippen molar-refractivity contribution < 1.29 is 39.8 Å². The molecule has 5 atom stereocenters. The normalized spacial score (nSPS) is 23.1. The Kier molecular flexibility index (Phi) is 16.5. The third kappa shape index (κ3) is 12.9. The van der Waals surface area contributed by atoms with Crippen molar-refractivity contribution in [3.8, 4) is 11.5 Å². The third-order valence-corrected chi connectivity index (χ3v) is 7.59. The van der Waals surface area contributed by atoms with Gasteiger partial charge in [0.15, 0.2) is 6.10 Å². The molecule has 0 unspecified atom stereocenters. The number of aliphatic carboxylic acids is 1. The molecule has 8 heteroatoms. The number of ether oxygens (including phenoxy) is 2. The van der Waals surface area contributed by atoms with E-state index in [1.165, 1.54) is 102 Å². The van der Waals surface area contributed by atoms with Crippen LogP contribution in [-0.4, -0.2) is 62.2 Å². The van der Waals surface area contributed by atoms with E-state index in [1.54, 1.807) is 12.1 Å². The van der Waals surface area contributed by atoms with E-state index >= 15 is 0 Å². The minimum absolute atomic E-state index is 0.0184. The molecule has 1 aliphatic rings. The lowest BCUT2D eigenvalue weighted by atomic mass is 9.99. The number of carboxylic acid groups (broad SMARTS) is 1. The summed E-state index contributed by atoms with van der Waals surface area (Å²) in [6.45, 7) is 2.26. The van der Waals surface area contributed by atoms with Crippen molar-refractivity contribution in [1.29, 1.82) is 0 Å². The van der Waals surface area contributed by atoms with Crippen molar-refractivity contribution in [1.82, 2.24) is 0 Å². The van der Waals surface area contributed by atoms with E-state index in [1.807, 2.05) is 0 Å². The molecule has 224 valence electrons. The van der Waals surface area contributed by atoms with Crippen LogP contribution in [0.1, 0.15) is 122 Å². The van der Waals surface area contributed by atoms with E-state index in [2.05, 4.69) is 6.92 Å². The largest absolute Gasteiger partial charge is 0.508 e. The lowest BCUT2D eigenvalue weighted by Crippen LogP contribution is -2.61. The molecule has 39 heavy (non-hydrogen) atoms. The number of aliphatic hydroxyl groups excluding tert-OH is 3. The summed E-state index contributed by atoms with van der Waals surface area (Å²) in [7, 11) is 0. The molecule has 0 amide bonds. The van der Waals surface area contributed by atoms with Crippen LogP contribution >= 0.6 is 0 Å². The Morgan fingerprint density at radius 2 is 1.21 bits per heavy atom. The standard InChI is InChI=1S/C31H52O8/c1-2-3-4-5-6-7-8-9-10-11-12-13-14-15-16-17-18-19-23-20-24(32)22-25(21-23)38-31-28(35)26(33)27(34)29(39-31)30(36)37/h20-22,26-29,31-35H,2-19H2,1H3,(H,36,37)/t26-,27-,28+,29-,31+/m0/s1. The molecule has 1 heterocycles. The van der Waals surface area contributed by atoms with Gasteiger partial charge in [-0.2, -0.15) is 0 Å². The average Bonchev–Trinajstić information content (AvgIpc) is 2.90. The van der Waals surface area contributed by atoms with E-state index in [4.69, 9.17) is 9.47 Å². The quantitative estimate of drug-likeness (QED) is 0.120. The number of benzene rings is 1. The van der Waals surface area contributed by atoms with Crippen LogP contribution in [0.4, 0.5) is 0 Å². The fraction of sp³-hybridized carbons (Fsp3) is 0.774. The van der Waals surface area contributed by atoms with E-state index < -0.39 is 36.7 Å². The number of rotatable bonds is 21. The third-order valence-electron chi connectivity index (χ3n) is 7.59. The van der Waals surface area contributed by atoms with Gasteiger partial charge in [0.05, 0.1) is 0 Å². The molecule has 2 rings (SSSR count). The van der Waals surface area contributed by atoms with Crippen LogP contribution in [0.3, 0.4) is 0 Å². The second kappa shape index (κ2) is 19.2. The summed E-state index contributed by atoms with van der Waals surface area (Å²) in [4.78, 5) is 11.3. The predicted octanol–water partition coefficient (Wildman–Crippen LogP) is 5.86. The summed E-state index contributed by atoms with van der Waals surface area (Å²) in [5, 5.41) is 49.2. The molecule has 1 saturated heterocycles. The number of carboxylic acids is 1. The van der Waals surface area contributed by atoms with Crippen molar-refractivity contribution in [2.45, 2.75) is 153 Å². The lowest BCUT2D eigenvalue weighted by Gasteiger charge is -2.38. The van der Waals surface area contributed by atoms with Crippen LogP contribution < -0.4 is 4.74 Å². The molecule has 0 saturated carbocycles. The lowest BCUT2D eigenvalue weighted by molar-refractivity contribution is -0.271. The minimum Gasteiger partial charge on any atom is -0.508 e. The summed E-state index contributed by atoms with van der Waals surface area (Å²) in [5.74, 6) is -1.30. The number of hydrogen-bond donors (Lipinski definition) is 5. The number of aromatic hydroxyl groups is 1. The van der Waals surface area contributed by atoms with Gasteiger partial charge in [-0.15, -0.1) is 0 Å². The van der Waals surface area contributed by atoms with Gasteiger partial charge in [0.1, 0.15) is 29.8 Å². The molecular weight excluding hydrogens is 500 g/mol. The molecule has 1 aromatic carbocycles. The zero-order chi connectivity index (χ0) is 28.5. The Bertz CT molecular complexity index is 801. The zero-order valence-electron chi connectivity index (χ0n) is 23.8. The summed E-state index contributed by atoms with van der Waals surface area (Å²) in [6.07, 6.45) is 14.6. The van der Waals surface area contributed by atoms with Gasteiger partial charge in [0, 0.05) is 6.07 Å². The summed E-state index contributed by atoms with van der Waals surface area (Å²) >= 11 is 0. The maximum atomic E-state index is 11.3. The number of aryl methyl sites for hydroxylation is 1. The Morgan fingerprint density at radius 3 is 1.69 bits per heavy atom. The molecular formula is C31H52O8. The topological polar surface area (TPSA) is 137 Å². The second-order valence-electron chi connectivity index (χ2n) is 11.1. The van der Waals surface area contributed by atoms with Crippen LogP contribution in [0.2, 0.25) is 0 Å². The average molecular weight is 553 g/mol. The number of phenols is 1. The Morgan fingerprint density at radius 1 is 0.718 bits per heavy atom. The Hall–Kier alpha value is -1.87. The number of hydrogen-bond acceptors (Lipinski definition) is 7. The van der Waals surface area contributed by atoms with E-state index in [-0.39, 0.29) is 11.5 Å². The van der Waals surface area contributed by atoms with Crippen molar-refractivity contribution in [3.05, 3.63) is 23.8 Å². The first-order chi connectivity index (χ1) is 18.8. The first-order valence-electron chi connectivity index (χ1n) is 15.3. The number of carbonyl (C=O) groups is 1. The Labute approximate surface area is 234 Å². The molecule has 5 N–H and O–H groups in total. The van der Waals surface area contributed by atoms with E-state index in [9.17, 15) is 30.3 Å². The highest BCUT2D eigenvalue weighted by Crippen LogP contribution is 2.28. The van der Waals surface area contributed by atoms with E-state index in [0.717, 1.165) is 24.8 Å². The van der Waals surface area contributed by atoms with Gasteiger partial charge in [-0.3, -0.25) is 0 Å². The van der Waals surface area contributed by atoms with Crippen LogP contribution in [0.25, 0.3) is 0 Å². The molecule has 0 spiro atoms. The number of phenolic OH excluding ortho intramolecular Hbond substituents is 1. The fourth-order valence-electron chi connectivity index (χ4n) is 5.19. The van der Waals surface area contributed by atoms with Crippen LogP contribution in [-0.2, 0) is 16.0 Å². The van der Waals surface area contributed by atoms with Gasteiger partial charge >= 0.3 is 5.97 Å². The van der Waals surface area contributed by atoms with E-state index in [0.29, 0.717) is 0 Å². The molecule has 0 bridgehead atoms. The predicted molar refractivity (Wildman–Crippen MR) is 151 cm³/mol. The molecule has 1 aliphatic heterocycles.